The Morgan fingerprint density at radius 2 is 1.81 bits per heavy atom. The van der Waals surface area contributed by atoms with Crippen LogP contribution in [0.2, 0.25) is 0 Å². The zero-order valence-electron chi connectivity index (χ0n) is 12.6. The molecule has 2 amide bonds. The van der Waals surface area contributed by atoms with E-state index in [2.05, 4.69) is 5.32 Å². The molecule has 21 heavy (non-hydrogen) atoms. The van der Waals surface area contributed by atoms with Crippen LogP contribution >= 0.6 is 0 Å². The number of nitrogens with one attached hydrogen (secondary N) is 2. The van der Waals surface area contributed by atoms with Gasteiger partial charge in [-0.05, 0) is 30.7 Å². The fourth-order valence-electron chi connectivity index (χ4n) is 2.15. The molecule has 0 radical (unpaired) electrons. The van der Waals surface area contributed by atoms with E-state index in [4.69, 9.17) is 5.21 Å². The lowest BCUT2D eigenvalue weighted by atomic mass is 9.95. The van der Waals surface area contributed by atoms with Gasteiger partial charge < -0.3 is 5.32 Å². The number of carbonyl (C=O) groups is 2. The van der Waals surface area contributed by atoms with Crippen LogP contribution < -0.4 is 10.8 Å². The fraction of sp³-hybridized carbons (Fsp3) is 0.500. The average molecular weight is 292 g/mol. The fourth-order valence-corrected chi connectivity index (χ4v) is 2.15. The van der Waals surface area contributed by atoms with Crippen molar-refractivity contribution in [2.75, 3.05) is 6.54 Å². The van der Waals surface area contributed by atoms with Gasteiger partial charge in [-0.15, -0.1) is 0 Å². The Labute approximate surface area is 125 Å². The molecule has 116 valence electrons. The number of rotatable bonds is 8. The molecule has 0 fully saturated rings. The van der Waals surface area contributed by atoms with Crippen molar-refractivity contribution in [1.82, 2.24) is 10.8 Å². The zero-order valence-corrected chi connectivity index (χ0v) is 12.6. The van der Waals surface area contributed by atoms with E-state index >= 15 is 0 Å². The predicted molar refractivity (Wildman–Crippen MR) is 80.6 cm³/mol. The Kier molecular flexibility index (Phi) is 7.46. The molecule has 0 aromatic heterocycles. The quantitative estimate of drug-likeness (QED) is 0.296. The molecule has 5 heteroatoms. The van der Waals surface area contributed by atoms with E-state index in [1.807, 2.05) is 44.2 Å². The van der Waals surface area contributed by atoms with E-state index in [-0.39, 0.29) is 11.8 Å². The molecule has 0 aliphatic heterocycles. The van der Waals surface area contributed by atoms with E-state index in [9.17, 15) is 9.59 Å². The van der Waals surface area contributed by atoms with E-state index in [0.29, 0.717) is 13.0 Å². The number of amides is 2. The molecule has 1 rings (SSSR count). The van der Waals surface area contributed by atoms with Crippen LogP contribution in [0.3, 0.4) is 0 Å². The summed E-state index contributed by atoms with van der Waals surface area (Å²) in [6, 6.07) is 10.0. The van der Waals surface area contributed by atoms with E-state index in [1.54, 1.807) is 5.48 Å². The van der Waals surface area contributed by atoms with Gasteiger partial charge in [-0.25, -0.2) is 5.48 Å². The summed E-state index contributed by atoms with van der Waals surface area (Å²) in [4.78, 5) is 23.5. The first-order valence-corrected chi connectivity index (χ1v) is 7.30. The lowest BCUT2D eigenvalue weighted by Crippen LogP contribution is -2.41. The summed E-state index contributed by atoms with van der Waals surface area (Å²) in [5, 5.41) is 11.5. The van der Waals surface area contributed by atoms with Crippen LogP contribution in [-0.4, -0.2) is 23.6 Å². The predicted octanol–water partition coefficient (Wildman–Crippen LogP) is 1.90. The normalized spacial score (nSPS) is 12.0. The maximum absolute atomic E-state index is 12.0. The standard InChI is InChI=1S/C16H24N2O3/c1-12(2)11-14(16(20)18-21)15(19)17-10-6-9-13-7-4-3-5-8-13/h3-5,7-8,12,14,21H,6,9-11H2,1-2H3,(H,17,19)(H,18,20)/t14-/m1/s1. The summed E-state index contributed by atoms with van der Waals surface area (Å²) in [5.41, 5.74) is 2.79. The van der Waals surface area contributed by atoms with Gasteiger partial charge in [0.15, 0.2) is 0 Å². The Morgan fingerprint density at radius 3 is 2.38 bits per heavy atom. The van der Waals surface area contributed by atoms with Crippen molar-refractivity contribution in [2.45, 2.75) is 33.1 Å². The number of hydroxylamine groups is 1. The molecule has 1 aromatic rings. The van der Waals surface area contributed by atoms with Gasteiger partial charge in [0.05, 0.1) is 0 Å². The van der Waals surface area contributed by atoms with Crippen LogP contribution in [0.5, 0.6) is 0 Å². The molecule has 0 aliphatic rings. The highest BCUT2D eigenvalue weighted by molar-refractivity contribution is 5.99. The summed E-state index contributed by atoms with van der Waals surface area (Å²) < 4.78 is 0. The number of carbonyl (C=O) groups excluding carboxylic acids is 2. The second kappa shape index (κ2) is 9.13. The van der Waals surface area contributed by atoms with Crippen molar-refractivity contribution >= 4 is 11.8 Å². The maximum Gasteiger partial charge on any atom is 0.255 e. The van der Waals surface area contributed by atoms with Gasteiger partial charge in [0.25, 0.3) is 5.91 Å². The minimum atomic E-state index is -0.841. The van der Waals surface area contributed by atoms with Crippen LogP contribution in [0.25, 0.3) is 0 Å². The van der Waals surface area contributed by atoms with Gasteiger partial charge in [-0.3, -0.25) is 14.8 Å². The summed E-state index contributed by atoms with van der Waals surface area (Å²) in [5.74, 6) is -1.62. The van der Waals surface area contributed by atoms with Gasteiger partial charge in [0.1, 0.15) is 5.92 Å². The van der Waals surface area contributed by atoms with E-state index < -0.39 is 11.8 Å². The number of hydrogen-bond donors (Lipinski definition) is 3. The molecule has 0 saturated carbocycles. The third-order valence-corrected chi connectivity index (χ3v) is 3.23. The molecule has 1 aromatic carbocycles. The third kappa shape index (κ3) is 6.40. The highest BCUT2D eigenvalue weighted by Gasteiger charge is 2.26. The molecule has 0 saturated heterocycles. The summed E-state index contributed by atoms with van der Waals surface area (Å²) in [6.07, 6.45) is 2.10. The van der Waals surface area contributed by atoms with Crippen LogP contribution in [0.4, 0.5) is 0 Å². The first-order valence-electron chi connectivity index (χ1n) is 7.30. The summed E-state index contributed by atoms with van der Waals surface area (Å²) in [6.45, 7) is 4.38. The van der Waals surface area contributed by atoms with Gasteiger partial charge in [-0.2, -0.15) is 0 Å². The number of benzene rings is 1. The number of aryl methyl sites for hydroxylation is 1. The van der Waals surface area contributed by atoms with Crippen LogP contribution in [-0.2, 0) is 16.0 Å². The Balaban J connectivity index is 2.37. The summed E-state index contributed by atoms with van der Waals surface area (Å²) in [7, 11) is 0. The van der Waals surface area contributed by atoms with E-state index in [1.165, 1.54) is 5.56 Å². The van der Waals surface area contributed by atoms with Crippen LogP contribution in [0.15, 0.2) is 30.3 Å². The first-order chi connectivity index (χ1) is 10.0. The molecule has 0 bridgehead atoms. The van der Waals surface area contributed by atoms with Gasteiger partial charge in [0, 0.05) is 6.54 Å². The Hall–Kier alpha value is -1.88. The largest absolute Gasteiger partial charge is 0.355 e. The van der Waals surface area contributed by atoms with Crippen molar-refractivity contribution in [2.24, 2.45) is 11.8 Å². The van der Waals surface area contributed by atoms with Crippen molar-refractivity contribution in [3.63, 3.8) is 0 Å². The minimum Gasteiger partial charge on any atom is -0.355 e. The molecule has 0 spiro atoms. The maximum atomic E-state index is 12.0. The molecule has 1 atom stereocenters. The minimum absolute atomic E-state index is 0.197. The van der Waals surface area contributed by atoms with Crippen LogP contribution in [0.1, 0.15) is 32.3 Å². The number of hydrogen-bond acceptors (Lipinski definition) is 3. The first kappa shape index (κ1) is 17.2. The molecule has 3 N–H and O–H groups in total. The van der Waals surface area contributed by atoms with Crippen molar-refractivity contribution in [3.8, 4) is 0 Å². The lowest BCUT2D eigenvalue weighted by Gasteiger charge is -2.16. The third-order valence-electron chi connectivity index (χ3n) is 3.23. The zero-order chi connectivity index (χ0) is 15.7. The van der Waals surface area contributed by atoms with Crippen molar-refractivity contribution in [3.05, 3.63) is 35.9 Å². The Bertz CT molecular complexity index is 446. The van der Waals surface area contributed by atoms with E-state index in [0.717, 1.165) is 12.8 Å². The lowest BCUT2D eigenvalue weighted by molar-refractivity contribution is -0.141. The second-order valence-corrected chi connectivity index (χ2v) is 5.54. The smallest absolute Gasteiger partial charge is 0.255 e. The highest BCUT2D eigenvalue weighted by Crippen LogP contribution is 2.12. The molecule has 5 nitrogen and oxygen atoms in total. The van der Waals surface area contributed by atoms with Gasteiger partial charge in [0.2, 0.25) is 5.91 Å². The van der Waals surface area contributed by atoms with Gasteiger partial charge >= 0.3 is 0 Å². The highest BCUT2D eigenvalue weighted by atomic mass is 16.5. The molecule has 0 heterocycles. The SMILES string of the molecule is CC(C)C[C@@H](C(=O)NO)C(=O)NCCCc1ccccc1. The molecule has 0 unspecified atom stereocenters. The monoisotopic (exact) mass is 292 g/mol. The average Bonchev–Trinajstić information content (AvgIpc) is 2.49. The van der Waals surface area contributed by atoms with Crippen molar-refractivity contribution in [1.29, 1.82) is 0 Å². The summed E-state index contributed by atoms with van der Waals surface area (Å²) >= 11 is 0. The van der Waals surface area contributed by atoms with Crippen LogP contribution in [0, 0.1) is 11.8 Å². The molecule has 0 aliphatic carbocycles. The molecular formula is C16H24N2O3. The van der Waals surface area contributed by atoms with Crippen molar-refractivity contribution < 1.29 is 14.8 Å². The van der Waals surface area contributed by atoms with Gasteiger partial charge in [-0.1, -0.05) is 44.2 Å². The topological polar surface area (TPSA) is 78.4 Å². The molecular weight excluding hydrogens is 268 g/mol. The Morgan fingerprint density at radius 1 is 1.14 bits per heavy atom. The second-order valence-electron chi connectivity index (χ2n) is 5.54.